The van der Waals surface area contributed by atoms with Gasteiger partial charge in [-0.1, -0.05) is 25.4 Å². The summed E-state index contributed by atoms with van der Waals surface area (Å²) >= 11 is 11.9. The molecule has 1 heterocycles. The molecule has 2 rings (SSSR count). The molecule has 0 saturated carbocycles. The summed E-state index contributed by atoms with van der Waals surface area (Å²) in [6.45, 7) is 6.54. The lowest BCUT2D eigenvalue weighted by molar-refractivity contribution is 0.103. The van der Waals surface area contributed by atoms with Crippen molar-refractivity contribution in [3.05, 3.63) is 29.0 Å². The zero-order valence-electron chi connectivity index (χ0n) is 11.9. The summed E-state index contributed by atoms with van der Waals surface area (Å²) in [5, 5.41) is 0.704. The van der Waals surface area contributed by atoms with Crippen LogP contribution in [0.2, 0.25) is 5.02 Å². The molecule has 3 nitrogen and oxygen atoms in total. The van der Waals surface area contributed by atoms with Gasteiger partial charge in [-0.2, -0.15) is 0 Å². The molecule has 2 aromatic rings. The summed E-state index contributed by atoms with van der Waals surface area (Å²) < 4.78 is 7.84. The molecule has 0 aliphatic rings. The Kier molecular flexibility index (Phi) is 5.70. The first-order valence-electron chi connectivity index (χ1n) is 6.90. The van der Waals surface area contributed by atoms with Crippen molar-refractivity contribution in [3.63, 3.8) is 0 Å². The third-order valence-corrected chi connectivity index (χ3v) is 3.44. The van der Waals surface area contributed by atoms with Gasteiger partial charge < -0.3 is 9.30 Å². The molecule has 0 spiro atoms. The van der Waals surface area contributed by atoms with Crippen LogP contribution in [-0.4, -0.2) is 28.6 Å². The van der Waals surface area contributed by atoms with Crippen molar-refractivity contribution < 1.29 is 4.74 Å². The van der Waals surface area contributed by atoms with Crippen molar-refractivity contribution in [2.75, 3.05) is 19.1 Å². The minimum absolute atomic E-state index is 0.552. The maximum Gasteiger partial charge on any atom is 0.111 e. The van der Waals surface area contributed by atoms with Crippen molar-refractivity contribution in [1.82, 2.24) is 9.55 Å². The Hall–Kier alpha value is -0.770. The Bertz CT molecular complexity index is 566. The summed E-state index contributed by atoms with van der Waals surface area (Å²) in [4.78, 5) is 4.62. The van der Waals surface area contributed by atoms with E-state index in [2.05, 4.69) is 23.4 Å². The van der Waals surface area contributed by atoms with E-state index in [9.17, 15) is 0 Å². The van der Waals surface area contributed by atoms with Crippen LogP contribution in [-0.2, 0) is 17.7 Å². The van der Waals surface area contributed by atoms with E-state index >= 15 is 0 Å². The summed E-state index contributed by atoms with van der Waals surface area (Å²) in [5.41, 5.74) is 2.00. The summed E-state index contributed by atoms with van der Waals surface area (Å²) in [7, 11) is 0. The number of aryl methyl sites for hydroxylation is 1. The van der Waals surface area contributed by atoms with Gasteiger partial charge in [0, 0.05) is 30.5 Å². The Morgan fingerprint density at radius 3 is 2.85 bits per heavy atom. The second-order valence-electron chi connectivity index (χ2n) is 5.22. The van der Waals surface area contributed by atoms with Gasteiger partial charge in [-0.3, -0.25) is 0 Å². The van der Waals surface area contributed by atoms with Crippen LogP contribution >= 0.6 is 23.2 Å². The molecule has 0 aliphatic heterocycles. The van der Waals surface area contributed by atoms with Gasteiger partial charge in [-0.25, -0.2) is 4.98 Å². The average molecular weight is 315 g/mol. The number of aromatic nitrogens is 2. The quantitative estimate of drug-likeness (QED) is 0.567. The highest BCUT2D eigenvalue weighted by Gasteiger charge is 2.10. The largest absolute Gasteiger partial charge is 0.379 e. The number of alkyl halides is 1. The zero-order valence-corrected chi connectivity index (χ0v) is 13.4. The van der Waals surface area contributed by atoms with E-state index in [1.807, 2.05) is 18.2 Å². The highest BCUT2D eigenvalue weighted by atomic mass is 35.5. The molecule has 0 bridgehead atoms. The van der Waals surface area contributed by atoms with E-state index in [4.69, 9.17) is 27.9 Å². The molecule has 110 valence electrons. The molecule has 0 aliphatic carbocycles. The third-order valence-electron chi connectivity index (χ3n) is 3.02. The number of fused-ring (bicyclic) bond motifs is 1. The van der Waals surface area contributed by atoms with Crippen LogP contribution in [0.15, 0.2) is 18.2 Å². The molecule has 0 amide bonds. The molecule has 1 aromatic carbocycles. The van der Waals surface area contributed by atoms with E-state index in [1.54, 1.807) is 0 Å². The lowest BCUT2D eigenvalue weighted by Crippen LogP contribution is -2.12. The van der Waals surface area contributed by atoms with Crippen molar-refractivity contribution in [3.8, 4) is 0 Å². The molecule has 0 saturated heterocycles. The normalized spacial score (nSPS) is 11.7. The minimum atomic E-state index is 0.552. The standard InChI is InChI=1S/C15H20Cl2N2O/c1-11(2)10-20-8-7-19-14-4-3-12(17)9-13(14)18-15(19)5-6-16/h3-4,9,11H,5-8,10H2,1-2H3. The molecule has 20 heavy (non-hydrogen) atoms. The van der Waals surface area contributed by atoms with Gasteiger partial charge in [0.2, 0.25) is 0 Å². The Morgan fingerprint density at radius 1 is 1.35 bits per heavy atom. The van der Waals surface area contributed by atoms with Crippen LogP contribution in [0.4, 0.5) is 0 Å². The molecule has 0 N–H and O–H groups in total. The topological polar surface area (TPSA) is 27.1 Å². The first-order chi connectivity index (χ1) is 9.61. The Morgan fingerprint density at radius 2 is 2.15 bits per heavy atom. The van der Waals surface area contributed by atoms with E-state index in [-0.39, 0.29) is 0 Å². The van der Waals surface area contributed by atoms with Crippen LogP contribution in [0, 0.1) is 5.92 Å². The molecule has 1 aromatic heterocycles. The molecule has 5 heteroatoms. The van der Waals surface area contributed by atoms with Crippen molar-refractivity contribution >= 4 is 34.2 Å². The smallest absolute Gasteiger partial charge is 0.111 e. The van der Waals surface area contributed by atoms with Gasteiger partial charge in [-0.05, 0) is 24.1 Å². The second-order valence-corrected chi connectivity index (χ2v) is 6.03. The number of halogens is 2. The number of benzene rings is 1. The maximum atomic E-state index is 6.02. The monoisotopic (exact) mass is 314 g/mol. The average Bonchev–Trinajstić information content (AvgIpc) is 2.72. The molecule has 0 radical (unpaired) electrons. The Balaban J connectivity index is 2.17. The zero-order chi connectivity index (χ0) is 14.5. The van der Waals surface area contributed by atoms with Gasteiger partial charge in [-0.15, -0.1) is 11.6 Å². The SMILES string of the molecule is CC(C)COCCn1c(CCCl)nc2cc(Cl)ccc21. The number of hydrogen-bond acceptors (Lipinski definition) is 2. The fourth-order valence-electron chi connectivity index (χ4n) is 2.15. The van der Waals surface area contributed by atoms with Crippen LogP contribution in [0.25, 0.3) is 11.0 Å². The highest BCUT2D eigenvalue weighted by Crippen LogP contribution is 2.21. The number of imidazole rings is 1. The summed E-state index contributed by atoms with van der Waals surface area (Å²) in [6.07, 6.45) is 0.748. The molecule has 0 atom stereocenters. The minimum Gasteiger partial charge on any atom is -0.379 e. The van der Waals surface area contributed by atoms with E-state index < -0.39 is 0 Å². The Labute approximate surface area is 129 Å². The first-order valence-corrected chi connectivity index (χ1v) is 7.81. The lowest BCUT2D eigenvalue weighted by atomic mass is 10.2. The van der Waals surface area contributed by atoms with Gasteiger partial charge in [0.05, 0.1) is 17.6 Å². The number of nitrogens with zero attached hydrogens (tertiary/aromatic N) is 2. The van der Waals surface area contributed by atoms with Crippen LogP contribution in [0.5, 0.6) is 0 Å². The van der Waals surface area contributed by atoms with E-state index in [0.29, 0.717) is 23.4 Å². The number of hydrogen-bond donors (Lipinski definition) is 0. The first kappa shape index (κ1) is 15.6. The second kappa shape index (κ2) is 7.30. The lowest BCUT2D eigenvalue weighted by Gasteiger charge is -2.10. The summed E-state index contributed by atoms with van der Waals surface area (Å²) in [6, 6.07) is 5.78. The predicted molar refractivity (Wildman–Crippen MR) is 84.8 cm³/mol. The fourth-order valence-corrected chi connectivity index (χ4v) is 2.49. The third kappa shape index (κ3) is 3.87. The van der Waals surface area contributed by atoms with Crippen LogP contribution in [0.3, 0.4) is 0 Å². The van der Waals surface area contributed by atoms with Gasteiger partial charge >= 0.3 is 0 Å². The van der Waals surface area contributed by atoms with E-state index in [0.717, 1.165) is 36.4 Å². The molecule has 0 unspecified atom stereocenters. The predicted octanol–water partition coefficient (Wildman–Crippen LogP) is 4.14. The van der Waals surface area contributed by atoms with Crippen molar-refractivity contribution in [2.24, 2.45) is 5.92 Å². The molecular formula is C15H20Cl2N2O. The van der Waals surface area contributed by atoms with Gasteiger partial charge in [0.15, 0.2) is 0 Å². The molecule has 0 fully saturated rings. The fraction of sp³-hybridized carbons (Fsp3) is 0.533. The van der Waals surface area contributed by atoms with Crippen LogP contribution in [0.1, 0.15) is 19.7 Å². The maximum absolute atomic E-state index is 6.02. The number of rotatable bonds is 7. The number of ether oxygens (including phenoxy) is 1. The molecular weight excluding hydrogens is 295 g/mol. The van der Waals surface area contributed by atoms with Crippen LogP contribution < -0.4 is 0 Å². The van der Waals surface area contributed by atoms with Gasteiger partial charge in [0.25, 0.3) is 0 Å². The van der Waals surface area contributed by atoms with Crippen molar-refractivity contribution in [1.29, 1.82) is 0 Å². The summed E-state index contributed by atoms with van der Waals surface area (Å²) in [5.74, 6) is 2.10. The van der Waals surface area contributed by atoms with E-state index in [1.165, 1.54) is 0 Å². The highest BCUT2D eigenvalue weighted by molar-refractivity contribution is 6.31. The van der Waals surface area contributed by atoms with Gasteiger partial charge in [0.1, 0.15) is 5.82 Å². The van der Waals surface area contributed by atoms with Crippen molar-refractivity contribution in [2.45, 2.75) is 26.8 Å².